The summed E-state index contributed by atoms with van der Waals surface area (Å²) in [5, 5.41) is 0. The minimum atomic E-state index is 0.926. The maximum absolute atomic E-state index is 2.31. The smallest absolute Gasteiger partial charge is 0.0549 e. The van der Waals surface area contributed by atoms with E-state index in [2.05, 4.69) is 94.3 Å². The molecule has 2 aromatic carbocycles. The van der Waals surface area contributed by atoms with Crippen molar-refractivity contribution >= 4 is 0 Å². The van der Waals surface area contributed by atoms with Crippen LogP contribution in [0.3, 0.4) is 0 Å². The first kappa shape index (κ1) is 12.5. The molecular weight excluding hydrogens is 280 g/mol. The van der Waals surface area contributed by atoms with Crippen molar-refractivity contribution in [3.05, 3.63) is 96.4 Å². The Labute approximate surface area is 135 Å². The molecule has 0 saturated heterocycles. The molecule has 110 valence electrons. The maximum Gasteiger partial charge on any atom is 0.0549 e. The number of benzene rings is 2. The molecule has 1 aliphatic heterocycles. The minimum absolute atomic E-state index is 0.926. The Balaban J connectivity index is 1.93. The first-order valence-electron chi connectivity index (χ1n) is 7.93. The van der Waals surface area contributed by atoms with Gasteiger partial charge in [0, 0.05) is 35.8 Å². The molecule has 0 spiro atoms. The van der Waals surface area contributed by atoms with Gasteiger partial charge >= 0.3 is 0 Å². The molecule has 2 nitrogen and oxygen atoms in total. The van der Waals surface area contributed by atoms with Gasteiger partial charge in [-0.15, -0.1) is 0 Å². The second-order valence-corrected chi connectivity index (χ2v) is 5.96. The molecule has 0 amide bonds. The molecule has 2 heteroatoms. The van der Waals surface area contributed by atoms with Crippen LogP contribution in [0.15, 0.2) is 85.2 Å². The summed E-state index contributed by atoms with van der Waals surface area (Å²) in [6, 6.07) is 26.0. The topological polar surface area (TPSA) is 9.86 Å². The number of fused-ring (bicyclic) bond motifs is 7. The van der Waals surface area contributed by atoms with Crippen LogP contribution in [-0.4, -0.2) is 9.13 Å². The van der Waals surface area contributed by atoms with Gasteiger partial charge in [0.15, 0.2) is 0 Å². The molecule has 5 rings (SSSR count). The molecule has 0 fully saturated rings. The first-order valence-corrected chi connectivity index (χ1v) is 7.93. The third-order valence-corrected chi connectivity index (χ3v) is 4.64. The lowest BCUT2D eigenvalue weighted by Gasteiger charge is -2.14. The van der Waals surface area contributed by atoms with Crippen LogP contribution in [0.2, 0.25) is 0 Å². The Bertz CT molecular complexity index is 1000. The summed E-state index contributed by atoms with van der Waals surface area (Å²) in [7, 11) is 0. The van der Waals surface area contributed by atoms with Crippen molar-refractivity contribution in [1.29, 1.82) is 0 Å². The lowest BCUT2D eigenvalue weighted by molar-refractivity contribution is 0.958. The molecule has 23 heavy (non-hydrogen) atoms. The largest absolute Gasteiger partial charge is 0.320 e. The SMILES string of the molecule is c1ccc2c(c1)Cc1cccn1-c1ccccc1-c1cccn1-2. The monoisotopic (exact) mass is 296 g/mol. The van der Waals surface area contributed by atoms with E-state index < -0.39 is 0 Å². The summed E-state index contributed by atoms with van der Waals surface area (Å²) in [6.07, 6.45) is 5.25. The fourth-order valence-corrected chi connectivity index (χ4v) is 3.60. The van der Waals surface area contributed by atoms with Crippen molar-refractivity contribution in [3.8, 4) is 22.6 Å². The van der Waals surface area contributed by atoms with E-state index in [9.17, 15) is 0 Å². The molecule has 3 heterocycles. The molecule has 1 aliphatic rings. The van der Waals surface area contributed by atoms with E-state index in [1.54, 1.807) is 0 Å². The van der Waals surface area contributed by atoms with E-state index in [0.29, 0.717) is 0 Å². The van der Waals surface area contributed by atoms with Gasteiger partial charge in [-0.25, -0.2) is 0 Å². The highest BCUT2D eigenvalue weighted by Crippen LogP contribution is 2.33. The Morgan fingerprint density at radius 1 is 0.609 bits per heavy atom. The fourth-order valence-electron chi connectivity index (χ4n) is 3.60. The predicted molar refractivity (Wildman–Crippen MR) is 93.3 cm³/mol. The highest BCUT2D eigenvalue weighted by molar-refractivity contribution is 5.73. The Morgan fingerprint density at radius 3 is 2.30 bits per heavy atom. The maximum atomic E-state index is 2.31. The van der Waals surface area contributed by atoms with Crippen molar-refractivity contribution in [3.63, 3.8) is 0 Å². The third kappa shape index (κ3) is 1.82. The molecule has 0 saturated carbocycles. The van der Waals surface area contributed by atoms with E-state index in [1.165, 1.54) is 33.9 Å². The standard InChI is InChI=1S/C21H16N2/c1-3-10-19-16(7-1)15-17-8-5-13-22(17)20-11-4-2-9-18(20)21-12-6-14-23(19)21/h1-14H,15H2. The number of para-hydroxylation sites is 2. The summed E-state index contributed by atoms with van der Waals surface area (Å²) in [5.74, 6) is 0. The molecule has 0 bridgehead atoms. The van der Waals surface area contributed by atoms with Crippen LogP contribution in [-0.2, 0) is 6.42 Å². The van der Waals surface area contributed by atoms with Gasteiger partial charge in [-0.2, -0.15) is 0 Å². The van der Waals surface area contributed by atoms with Gasteiger partial charge in [-0.1, -0.05) is 36.4 Å². The number of hydrogen-bond donors (Lipinski definition) is 0. The van der Waals surface area contributed by atoms with E-state index >= 15 is 0 Å². The van der Waals surface area contributed by atoms with Crippen molar-refractivity contribution < 1.29 is 0 Å². The highest BCUT2D eigenvalue weighted by atomic mass is 15.0. The average Bonchev–Trinajstić information content (AvgIpc) is 3.24. The van der Waals surface area contributed by atoms with Crippen LogP contribution in [0.4, 0.5) is 0 Å². The van der Waals surface area contributed by atoms with Gasteiger partial charge < -0.3 is 9.13 Å². The van der Waals surface area contributed by atoms with Crippen LogP contribution in [0.25, 0.3) is 22.6 Å². The molecule has 0 atom stereocenters. The number of nitrogens with zero attached hydrogens (tertiary/aromatic N) is 2. The van der Waals surface area contributed by atoms with E-state index in [4.69, 9.17) is 0 Å². The van der Waals surface area contributed by atoms with Crippen LogP contribution in [0.5, 0.6) is 0 Å². The van der Waals surface area contributed by atoms with E-state index in [1.807, 2.05) is 0 Å². The van der Waals surface area contributed by atoms with Crippen molar-refractivity contribution in [1.82, 2.24) is 9.13 Å². The predicted octanol–water partition coefficient (Wildman–Crippen LogP) is 4.84. The zero-order chi connectivity index (χ0) is 15.2. The van der Waals surface area contributed by atoms with Gasteiger partial charge in [0.2, 0.25) is 0 Å². The van der Waals surface area contributed by atoms with Gasteiger partial charge in [0.1, 0.15) is 0 Å². The van der Waals surface area contributed by atoms with Crippen molar-refractivity contribution in [2.75, 3.05) is 0 Å². The summed E-state index contributed by atoms with van der Waals surface area (Å²) < 4.78 is 4.62. The third-order valence-electron chi connectivity index (χ3n) is 4.64. The molecule has 0 radical (unpaired) electrons. The van der Waals surface area contributed by atoms with Gasteiger partial charge in [-0.3, -0.25) is 0 Å². The van der Waals surface area contributed by atoms with Crippen LogP contribution >= 0.6 is 0 Å². The van der Waals surface area contributed by atoms with Crippen molar-refractivity contribution in [2.45, 2.75) is 6.42 Å². The summed E-state index contributed by atoms with van der Waals surface area (Å²) in [5.41, 5.74) is 7.65. The van der Waals surface area contributed by atoms with Crippen LogP contribution in [0, 0.1) is 0 Å². The second kappa shape index (κ2) is 4.75. The Morgan fingerprint density at radius 2 is 1.35 bits per heavy atom. The van der Waals surface area contributed by atoms with Gasteiger partial charge in [0.05, 0.1) is 11.4 Å². The summed E-state index contributed by atoms with van der Waals surface area (Å²) in [4.78, 5) is 0. The molecule has 0 N–H and O–H groups in total. The second-order valence-electron chi connectivity index (χ2n) is 5.96. The van der Waals surface area contributed by atoms with Crippen LogP contribution < -0.4 is 0 Å². The normalized spacial score (nSPS) is 12.2. The van der Waals surface area contributed by atoms with E-state index in [0.717, 1.165) is 6.42 Å². The number of aromatic nitrogens is 2. The zero-order valence-corrected chi connectivity index (χ0v) is 12.7. The lowest BCUT2D eigenvalue weighted by atomic mass is 10.1. The number of rotatable bonds is 0. The van der Waals surface area contributed by atoms with Crippen LogP contribution in [0.1, 0.15) is 11.3 Å². The Hall–Kier alpha value is -3.00. The summed E-state index contributed by atoms with van der Waals surface area (Å²) in [6.45, 7) is 0. The fraction of sp³-hybridized carbons (Fsp3) is 0.0476. The molecule has 2 aromatic heterocycles. The molecule has 0 aliphatic carbocycles. The molecular formula is C21H16N2. The van der Waals surface area contributed by atoms with Gasteiger partial charge in [-0.05, 0) is 42.0 Å². The minimum Gasteiger partial charge on any atom is -0.320 e. The van der Waals surface area contributed by atoms with Crippen molar-refractivity contribution in [2.24, 2.45) is 0 Å². The lowest BCUT2D eigenvalue weighted by Crippen LogP contribution is -2.01. The molecule has 0 unspecified atom stereocenters. The van der Waals surface area contributed by atoms with E-state index in [-0.39, 0.29) is 0 Å². The van der Waals surface area contributed by atoms with Gasteiger partial charge in [0.25, 0.3) is 0 Å². The molecule has 4 aromatic rings. The average molecular weight is 296 g/mol. The Kier molecular flexibility index (Phi) is 2.59. The zero-order valence-electron chi connectivity index (χ0n) is 12.7. The highest BCUT2D eigenvalue weighted by Gasteiger charge is 2.17. The first-order chi connectivity index (χ1) is 11.4. The number of hydrogen-bond acceptors (Lipinski definition) is 0. The summed E-state index contributed by atoms with van der Waals surface area (Å²) >= 11 is 0. The quantitative estimate of drug-likeness (QED) is 0.387.